The van der Waals surface area contributed by atoms with E-state index in [9.17, 15) is 27.9 Å². The summed E-state index contributed by atoms with van der Waals surface area (Å²) < 4.78 is 77.7. The molecule has 1 spiro atoms. The van der Waals surface area contributed by atoms with Crippen molar-refractivity contribution in [2.45, 2.75) is 70.6 Å². The van der Waals surface area contributed by atoms with Crippen LogP contribution in [-0.2, 0) is 19.4 Å². The second kappa shape index (κ2) is 13.6. The molecule has 3 aliphatic rings. The summed E-state index contributed by atoms with van der Waals surface area (Å²) in [5.41, 5.74) is 2.15. The second-order valence-corrected chi connectivity index (χ2v) is 15.5. The van der Waals surface area contributed by atoms with Gasteiger partial charge in [-0.05, 0) is 83.3 Å². The first kappa shape index (κ1) is 36.7. The van der Waals surface area contributed by atoms with Gasteiger partial charge >= 0.3 is 12.1 Å². The fraction of sp³-hybridized carbons (Fsp3) is 0.500. The molecule has 1 N–H and O–H groups in total. The van der Waals surface area contributed by atoms with Crippen LogP contribution in [0.2, 0.25) is 5.02 Å². The fourth-order valence-corrected chi connectivity index (χ4v) is 9.40. The maximum Gasteiger partial charge on any atom is 0.401 e. The van der Waals surface area contributed by atoms with Crippen LogP contribution in [0.15, 0.2) is 34.4 Å². The van der Waals surface area contributed by atoms with Gasteiger partial charge in [-0.25, -0.2) is 18.6 Å². The second-order valence-electron chi connectivity index (χ2n) is 14.2. The molecule has 2 aliphatic heterocycles. The third-order valence-electron chi connectivity index (χ3n) is 10.8. The molecule has 16 heteroatoms. The molecule has 1 aliphatic carbocycles. The highest BCUT2D eigenvalue weighted by atomic mass is 35.5. The summed E-state index contributed by atoms with van der Waals surface area (Å²) in [5.74, 6) is -3.23. The van der Waals surface area contributed by atoms with E-state index in [4.69, 9.17) is 21.3 Å². The Hall–Kier alpha value is -3.66. The van der Waals surface area contributed by atoms with E-state index in [1.165, 1.54) is 11.3 Å². The quantitative estimate of drug-likeness (QED) is 0.191. The van der Waals surface area contributed by atoms with Crippen LogP contribution in [0, 0.1) is 19.3 Å². The van der Waals surface area contributed by atoms with E-state index in [1.54, 1.807) is 42.0 Å². The summed E-state index contributed by atoms with van der Waals surface area (Å²) in [4.78, 5) is 37.9. The molecule has 2 fully saturated rings. The maximum absolute atomic E-state index is 15.1. The summed E-state index contributed by atoms with van der Waals surface area (Å²) in [6, 6.07) is 6.96. The fourth-order valence-electron chi connectivity index (χ4n) is 8.21. The number of piperidine rings is 1. The van der Waals surface area contributed by atoms with Gasteiger partial charge < -0.3 is 9.84 Å². The van der Waals surface area contributed by atoms with E-state index in [0.29, 0.717) is 76.0 Å². The number of halogens is 6. The van der Waals surface area contributed by atoms with Gasteiger partial charge in [0, 0.05) is 45.4 Å². The van der Waals surface area contributed by atoms with Crippen molar-refractivity contribution in [1.29, 1.82) is 0 Å². The number of carboxylic acids is 1. The lowest BCUT2D eigenvalue weighted by Crippen LogP contribution is -2.53. The molecule has 0 amide bonds. The average molecular weight is 766 g/mol. The number of aryl methyl sites for hydroxylation is 3. The minimum absolute atomic E-state index is 0.0655. The highest BCUT2D eigenvalue weighted by molar-refractivity contribution is 7.18. The van der Waals surface area contributed by atoms with Gasteiger partial charge in [-0.3, -0.25) is 24.1 Å². The molecule has 0 unspecified atom stereocenters. The molecular formula is C36H37ClF5N5O4S. The lowest BCUT2D eigenvalue weighted by molar-refractivity contribution is -0.146. The molecule has 4 aromatic rings. The first-order valence-corrected chi connectivity index (χ1v) is 18.3. The first-order chi connectivity index (χ1) is 24.5. The average Bonchev–Trinajstić information content (AvgIpc) is 3.59. The number of hydrogen-bond donors (Lipinski definition) is 1. The van der Waals surface area contributed by atoms with Crippen LogP contribution in [0.4, 0.5) is 22.0 Å². The Morgan fingerprint density at radius 3 is 2.58 bits per heavy atom. The molecule has 9 nitrogen and oxygen atoms in total. The number of nitrogens with zero attached hydrogens (tertiary/aromatic N) is 5. The molecule has 5 heterocycles. The zero-order valence-electron chi connectivity index (χ0n) is 28.5. The number of aromatic nitrogens is 3. The Morgan fingerprint density at radius 2 is 1.87 bits per heavy atom. The number of benzene rings is 1. The van der Waals surface area contributed by atoms with Crippen molar-refractivity contribution < 1.29 is 36.6 Å². The predicted octanol–water partition coefficient (Wildman–Crippen LogP) is 7.02. The van der Waals surface area contributed by atoms with Crippen molar-refractivity contribution >= 4 is 39.1 Å². The van der Waals surface area contributed by atoms with Crippen LogP contribution in [0.1, 0.15) is 52.4 Å². The summed E-state index contributed by atoms with van der Waals surface area (Å²) >= 11 is 7.67. The van der Waals surface area contributed by atoms with E-state index >= 15 is 8.78 Å². The summed E-state index contributed by atoms with van der Waals surface area (Å²) in [6.07, 6.45) is -2.68. The van der Waals surface area contributed by atoms with Gasteiger partial charge in [-0.1, -0.05) is 11.6 Å². The highest BCUT2D eigenvalue weighted by Crippen LogP contribution is 2.51. The number of rotatable bonds is 8. The van der Waals surface area contributed by atoms with Gasteiger partial charge in [-0.15, -0.1) is 11.3 Å². The van der Waals surface area contributed by atoms with Gasteiger partial charge in [0.1, 0.15) is 18.2 Å². The van der Waals surface area contributed by atoms with E-state index in [1.807, 2.05) is 6.07 Å². The van der Waals surface area contributed by atoms with Crippen molar-refractivity contribution in [1.82, 2.24) is 24.3 Å². The number of aromatic carboxylic acids is 1. The smallest absolute Gasteiger partial charge is 0.401 e. The molecular weight excluding hydrogens is 729 g/mol. The Balaban J connectivity index is 1.05. The van der Waals surface area contributed by atoms with E-state index < -0.39 is 36.6 Å². The van der Waals surface area contributed by atoms with Crippen LogP contribution in [0.5, 0.6) is 5.75 Å². The number of likely N-dealkylation sites (tertiary alicyclic amines) is 2. The van der Waals surface area contributed by atoms with Crippen molar-refractivity contribution in [2.75, 3.05) is 39.3 Å². The lowest BCUT2D eigenvalue weighted by atomic mass is 9.74. The maximum atomic E-state index is 15.1. The largest absolute Gasteiger partial charge is 0.491 e. The number of ether oxygens (including phenoxy) is 1. The topological polar surface area (TPSA) is 101 Å². The van der Waals surface area contributed by atoms with E-state index in [-0.39, 0.29) is 49.7 Å². The van der Waals surface area contributed by atoms with Gasteiger partial charge in [0.15, 0.2) is 0 Å². The number of carbonyl (C=O) groups is 1. The van der Waals surface area contributed by atoms with Crippen LogP contribution in [0.25, 0.3) is 21.3 Å². The standard InChI is InChI=1S/C36H37ClF5N5O4S/c1-20-13-25(31-30(43-20)27(16-52-31)33(49)50)24-14-22(37)3-6-29(24)51-12-11-47-21(2)44-28-5-4-23(15-26(28)32(47)48)46-9-7-34(8-10-46)17-45(18-35(34,38)39)19-36(40,41)42/h3,6,13-14,16,23H,4-5,7-12,15,17-19H2,1-2H3,(H,49,50)/t23-/m1/s1. The first-order valence-electron chi connectivity index (χ1n) is 17.1. The Labute approximate surface area is 305 Å². The number of alkyl halides is 5. The summed E-state index contributed by atoms with van der Waals surface area (Å²) in [7, 11) is 0. The van der Waals surface area contributed by atoms with Crippen molar-refractivity contribution in [3.63, 3.8) is 0 Å². The Bertz CT molecular complexity index is 2100. The van der Waals surface area contributed by atoms with Crippen LogP contribution in [0.3, 0.4) is 0 Å². The molecule has 1 aromatic carbocycles. The van der Waals surface area contributed by atoms with Crippen LogP contribution in [-0.4, -0.2) is 92.9 Å². The summed E-state index contributed by atoms with van der Waals surface area (Å²) in [6.45, 7) is 2.02. The molecule has 0 radical (unpaired) electrons. The third kappa shape index (κ3) is 6.92. The molecule has 1 atom stereocenters. The highest BCUT2D eigenvalue weighted by Gasteiger charge is 2.61. The molecule has 278 valence electrons. The molecule has 0 bridgehead atoms. The van der Waals surface area contributed by atoms with Gasteiger partial charge in [0.2, 0.25) is 0 Å². The zero-order valence-corrected chi connectivity index (χ0v) is 30.1. The monoisotopic (exact) mass is 765 g/mol. The predicted molar refractivity (Wildman–Crippen MR) is 187 cm³/mol. The number of hydrogen-bond acceptors (Lipinski definition) is 8. The number of fused-ring (bicyclic) bond motifs is 2. The lowest BCUT2D eigenvalue weighted by Gasteiger charge is -2.45. The molecule has 3 aromatic heterocycles. The molecule has 7 rings (SSSR count). The van der Waals surface area contributed by atoms with E-state index in [2.05, 4.69) is 9.88 Å². The Kier molecular flexibility index (Phi) is 9.62. The third-order valence-corrected chi connectivity index (χ3v) is 12.0. The minimum Gasteiger partial charge on any atom is -0.491 e. The molecule has 2 saturated heterocycles. The Morgan fingerprint density at radius 1 is 1.12 bits per heavy atom. The molecule has 52 heavy (non-hydrogen) atoms. The number of thiophene rings is 1. The van der Waals surface area contributed by atoms with Gasteiger partial charge in [0.05, 0.1) is 46.5 Å². The zero-order chi connectivity index (χ0) is 37.2. The van der Waals surface area contributed by atoms with Crippen LogP contribution >= 0.6 is 22.9 Å². The van der Waals surface area contributed by atoms with E-state index in [0.717, 1.165) is 16.2 Å². The SMILES string of the molecule is Cc1cc(-c2cc(Cl)ccc2OCCn2c(C)nc3c(c2=O)C[C@H](N2CCC4(CC2)CN(CC(F)(F)F)CC4(F)F)CC3)c2scc(C(=O)O)c2n1. The minimum atomic E-state index is -4.53. The van der Waals surface area contributed by atoms with Crippen LogP contribution < -0.4 is 10.3 Å². The van der Waals surface area contributed by atoms with Crippen molar-refractivity contribution in [3.8, 4) is 16.9 Å². The molecule has 0 saturated carbocycles. The van der Waals surface area contributed by atoms with Gasteiger partial charge in [-0.2, -0.15) is 13.2 Å². The van der Waals surface area contributed by atoms with Crippen molar-refractivity contribution in [3.05, 3.63) is 73.4 Å². The number of pyridine rings is 1. The van der Waals surface area contributed by atoms with Gasteiger partial charge in [0.25, 0.3) is 11.5 Å². The normalized spacial score (nSPS) is 20.4. The number of carboxylic acid groups (broad SMARTS) is 1. The summed E-state index contributed by atoms with van der Waals surface area (Å²) in [5, 5.41) is 11.7. The van der Waals surface area contributed by atoms with Crippen molar-refractivity contribution in [2.24, 2.45) is 5.41 Å².